The van der Waals surface area contributed by atoms with Gasteiger partial charge in [-0.2, -0.15) is 0 Å². The molecule has 0 bridgehead atoms. The molecule has 1 aromatic rings. The summed E-state index contributed by atoms with van der Waals surface area (Å²) >= 11 is 6.57. The van der Waals surface area contributed by atoms with Crippen molar-refractivity contribution in [3.8, 4) is 5.75 Å². The van der Waals surface area contributed by atoms with Crippen LogP contribution in [0, 0.1) is 12.8 Å². The van der Waals surface area contributed by atoms with Crippen molar-refractivity contribution in [2.24, 2.45) is 5.92 Å². The fraction of sp³-hybridized carbons (Fsp3) is 0.571. The molecule has 94 valence electrons. The molecule has 0 radical (unpaired) electrons. The Morgan fingerprint density at radius 1 is 1.47 bits per heavy atom. The quantitative estimate of drug-likeness (QED) is 0.766. The summed E-state index contributed by atoms with van der Waals surface area (Å²) in [5.74, 6) is 1.25. The van der Waals surface area contributed by atoms with Crippen molar-refractivity contribution in [1.29, 1.82) is 0 Å². The van der Waals surface area contributed by atoms with Gasteiger partial charge >= 0.3 is 0 Å². The number of rotatable bonds is 3. The van der Waals surface area contributed by atoms with E-state index in [9.17, 15) is 0 Å². The van der Waals surface area contributed by atoms with Crippen LogP contribution in [0.3, 0.4) is 0 Å². The first-order chi connectivity index (χ1) is 8.11. The van der Waals surface area contributed by atoms with Gasteiger partial charge in [0.15, 0.2) is 0 Å². The first-order valence-electron chi connectivity index (χ1n) is 6.02. The number of methoxy groups -OCH3 is 1. The molecule has 3 unspecified atom stereocenters. The Hall–Kier alpha value is -0.730. The molecule has 3 atom stereocenters. The molecular formula is C14H19ClO2. The van der Waals surface area contributed by atoms with Gasteiger partial charge in [-0.1, -0.05) is 17.7 Å². The van der Waals surface area contributed by atoms with Gasteiger partial charge in [0.2, 0.25) is 0 Å². The Bertz CT molecular complexity index is 392. The van der Waals surface area contributed by atoms with Gasteiger partial charge in [-0.3, -0.25) is 0 Å². The van der Waals surface area contributed by atoms with Crippen LogP contribution in [0.25, 0.3) is 0 Å². The Balaban J connectivity index is 2.23. The van der Waals surface area contributed by atoms with Gasteiger partial charge in [0.05, 0.1) is 25.2 Å². The van der Waals surface area contributed by atoms with E-state index in [2.05, 4.69) is 19.9 Å². The summed E-state index contributed by atoms with van der Waals surface area (Å²) in [7, 11) is 1.69. The lowest BCUT2D eigenvalue weighted by Crippen LogP contribution is -2.09. The molecule has 2 rings (SSSR count). The molecule has 1 aliphatic rings. The minimum atomic E-state index is -0.0326. The van der Waals surface area contributed by atoms with E-state index in [4.69, 9.17) is 21.1 Å². The second-order valence-corrected chi connectivity index (χ2v) is 5.26. The molecule has 3 heteroatoms. The highest BCUT2D eigenvalue weighted by atomic mass is 35.5. The molecule has 0 aromatic heterocycles. The number of aryl methyl sites for hydroxylation is 1. The maximum absolute atomic E-state index is 6.57. The molecule has 1 saturated heterocycles. The summed E-state index contributed by atoms with van der Waals surface area (Å²) in [6, 6.07) is 6.14. The van der Waals surface area contributed by atoms with Crippen LogP contribution >= 0.6 is 11.6 Å². The average Bonchev–Trinajstić information content (AvgIpc) is 2.75. The molecule has 0 aliphatic carbocycles. The van der Waals surface area contributed by atoms with Crippen LogP contribution in [-0.2, 0) is 4.74 Å². The van der Waals surface area contributed by atoms with Gasteiger partial charge in [-0.25, -0.2) is 0 Å². The molecule has 1 aliphatic heterocycles. The molecule has 17 heavy (non-hydrogen) atoms. The van der Waals surface area contributed by atoms with E-state index in [1.165, 1.54) is 5.56 Å². The molecule has 0 N–H and O–H groups in total. The first-order valence-corrected chi connectivity index (χ1v) is 6.45. The summed E-state index contributed by atoms with van der Waals surface area (Å²) in [5.41, 5.74) is 2.29. The second kappa shape index (κ2) is 5.28. The van der Waals surface area contributed by atoms with Crippen molar-refractivity contribution in [2.45, 2.75) is 31.7 Å². The lowest BCUT2D eigenvalue weighted by atomic mass is 9.95. The Morgan fingerprint density at radius 2 is 2.24 bits per heavy atom. The van der Waals surface area contributed by atoms with Crippen LogP contribution in [-0.4, -0.2) is 19.8 Å². The summed E-state index contributed by atoms with van der Waals surface area (Å²) in [6.07, 6.45) is 1.34. The topological polar surface area (TPSA) is 18.5 Å². The largest absolute Gasteiger partial charge is 0.496 e. The van der Waals surface area contributed by atoms with Gasteiger partial charge in [0.1, 0.15) is 5.75 Å². The van der Waals surface area contributed by atoms with E-state index in [1.807, 2.05) is 12.1 Å². The van der Waals surface area contributed by atoms with E-state index in [1.54, 1.807) is 7.11 Å². The van der Waals surface area contributed by atoms with Crippen LogP contribution in [0.15, 0.2) is 18.2 Å². The molecule has 0 spiro atoms. The maximum Gasteiger partial charge on any atom is 0.123 e. The summed E-state index contributed by atoms with van der Waals surface area (Å²) in [6.45, 7) is 4.91. The van der Waals surface area contributed by atoms with Crippen LogP contribution in [0.4, 0.5) is 0 Å². The van der Waals surface area contributed by atoms with E-state index >= 15 is 0 Å². The molecule has 0 saturated carbocycles. The second-order valence-electron chi connectivity index (χ2n) is 4.79. The lowest BCUT2D eigenvalue weighted by Gasteiger charge is -2.19. The zero-order valence-electron chi connectivity index (χ0n) is 10.6. The fourth-order valence-corrected chi connectivity index (χ4v) is 2.72. The van der Waals surface area contributed by atoms with Gasteiger partial charge < -0.3 is 9.47 Å². The molecule has 0 amide bonds. The number of benzene rings is 1. The van der Waals surface area contributed by atoms with Crippen LogP contribution in [0.2, 0.25) is 0 Å². The van der Waals surface area contributed by atoms with Gasteiger partial charge in [-0.05, 0) is 26.3 Å². The van der Waals surface area contributed by atoms with Gasteiger partial charge in [0, 0.05) is 11.5 Å². The maximum atomic E-state index is 6.57. The fourth-order valence-electron chi connectivity index (χ4n) is 2.38. The van der Waals surface area contributed by atoms with Gasteiger partial charge in [-0.15, -0.1) is 11.6 Å². The van der Waals surface area contributed by atoms with Crippen molar-refractivity contribution < 1.29 is 9.47 Å². The molecule has 1 heterocycles. The zero-order valence-corrected chi connectivity index (χ0v) is 11.3. The molecule has 1 fully saturated rings. The van der Waals surface area contributed by atoms with Crippen LogP contribution < -0.4 is 4.74 Å². The summed E-state index contributed by atoms with van der Waals surface area (Å²) in [4.78, 5) is 0. The number of hydrogen-bond acceptors (Lipinski definition) is 2. The smallest absolute Gasteiger partial charge is 0.123 e. The standard InChI is InChI=1S/C14H19ClO2/c1-9-4-5-13(16-3)12(6-9)14(15)11-7-10(2)17-8-11/h4-6,10-11,14H,7-8H2,1-3H3. The number of hydrogen-bond donors (Lipinski definition) is 0. The van der Waals surface area contributed by atoms with E-state index in [0.29, 0.717) is 12.0 Å². The van der Waals surface area contributed by atoms with Crippen molar-refractivity contribution in [2.75, 3.05) is 13.7 Å². The van der Waals surface area contributed by atoms with E-state index < -0.39 is 0 Å². The monoisotopic (exact) mass is 254 g/mol. The number of halogens is 1. The van der Waals surface area contributed by atoms with E-state index in [-0.39, 0.29) is 5.38 Å². The SMILES string of the molecule is COc1ccc(C)cc1C(Cl)C1COC(C)C1. The predicted molar refractivity (Wildman–Crippen MR) is 69.8 cm³/mol. The van der Waals surface area contributed by atoms with Crippen molar-refractivity contribution in [3.63, 3.8) is 0 Å². The third-order valence-corrected chi connectivity index (χ3v) is 3.92. The van der Waals surface area contributed by atoms with Crippen molar-refractivity contribution in [3.05, 3.63) is 29.3 Å². The Morgan fingerprint density at radius 3 is 2.82 bits per heavy atom. The molecule has 1 aromatic carbocycles. The predicted octanol–water partition coefficient (Wildman–Crippen LogP) is 3.71. The number of alkyl halides is 1. The van der Waals surface area contributed by atoms with Gasteiger partial charge in [0.25, 0.3) is 0 Å². The average molecular weight is 255 g/mol. The first kappa shape index (κ1) is 12.7. The summed E-state index contributed by atoms with van der Waals surface area (Å²) in [5, 5.41) is -0.0326. The highest BCUT2D eigenvalue weighted by Gasteiger charge is 2.30. The minimum Gasteiger partial charge on any atom is -0.496 e. The van der Waals surface area contributed by atoms with Crippen LogP contribution in [0.5, 0.6) is 5.75 Å². The van der Waals surface area contributed by atoms with Crippen molar-refractivity contribution in [1.82, 2.24) is 0 Å². The lowest BCUT2D eigenvalue weighted by molar-refractivity contribution is 0.119. The van der Waals surface area contributed by atoms with Crippen molar-refractivity contribution >= 4 is 11.6 Å². The normalized spacial score (nSPS) is 25.9. The van der Waals surface area contributed by atoms with E-state index in [0.717, 1.165) is 24.3 Å². The Labute approximate surface area is 108 Å². The third kappa shape index (κ3) is 2.75. The highest BCUT2D eigenvalue weighted by Crippen LogP contribution is 2.40. The third-order valence-electron chi connectivity index (χ3n) is 3.33. The zero-order chi connectivity index (χ0) is 12.4. The Kier molecular flexibility index (Phi) is 3.95. The molecular weight excluding hydrogens is 236 g/mol. The molecule has 2 nitrogen and oxygen atoms in total. The summed E-state index contributed by atoms with van der Waals surface area (Å²) < 4.78 is 11.0. The highest BCUT2D eigenvalue weighted by molar-refractivity contribution is 6.21. The minimum absolute atomic E-state index is 0.0326. The number of ether oxygens (including phenoxy) is 2. The van der Waals surface area contributed by atoms with Crippen LogP contribution in [0.1, 0.15) is 29.8 Å².